The predicted molar refractivity (Wildman–Crippen MR) is 63.7 cm³/mol. The third kappa shape index (κ3) is 2.56. The van der Waals surface area contributed by atoms with E-state index in [2.05, 4.69) is 11.2 Å². The van der Waals surface area contributed by atoms with Crippen LogP contribution >= 0.6 is 0 Å². The van der Waals surface area contributed by atoms with E-state index < -0.39 is 0 Å². The van der Waals surface area contributed by atoms with Gasteiger partial charge in [-0.1, -0.05) is 0 Å². The number of nitrogens with one attached hydrogen (secondary N) is 1. The fourth-order valence-electron chi connectivity index (χ4n) is 2.59. The first-order chi connectivity index (χ1) is 7.81. The maximum absolute atomic E-state index is 12.2. The predicted octanol–water partition coefficient (Wildman–Crippen LogP) is 0.858. The van der Waals surface area contributed by atoms with Crippen LogP contribution in [0, 0.1) is 24.2 Å². The van der Waals surface area contributed by atoms with E-state index in [1.807, 2.05) is 4.90 Å². The number of likely N-dealkylation sites (tertiary alicyclic amines) is 1. The van der Waals surface area contributed by atoms with Gasteiger partial charge in [0, 0.05) is 24.9 Å². The van der Waals surface area contributed by atoms with E-state index in [0.29, 0.717) is 11.8 Å². The van der Waals surface area contributed by atoms with Gasteiger partial charge in [0.2, 0.25) is 5.91 Å². The highest BCUT2D eigenvalue weighted by atomic mass is 16.2. The molecule has 0 aliphatic carbocycles. The molecule has 2 fully saturated rings. The molecule has 0 spiro atoms. The van der Waals surface area contributed by atoms with Gasteiger partial charge in [0.25, 0.3) is 0 Å². The number of rotatable bonds is 1. The summed E-state index contributed by atoms with van der Waals surface area (Å²) in [6.07, 6.45) is 9.35. The highest BCUT2D eigenvalue weighted by Crippen LogP contribution is 2.21. The average Bonchev–Trinajstić information content (AvgIpc) is 2.39. The number of hydrogen-bond acceptors (Lipinski definition) is 2. The molecule has 0 aromatic rings. The molecule has 2 saturated heterocycles. The van der Waals surface area contributed by atoms with Crippen LogP contribution in [-0.4, -0.2) is 37.0 Å². The highest BCUT2D eigenvalue weighted by Gasteiger charge is 2.28. The second-order valence-corrected chi connectivity index (χ2v) is 4.79. The van der Waals surface area contributed by atoms with Gasteiger partial charge < -0.3 is 10.2 Å². The van der Waals surface area contributed by atoms with Crippen molar-refractivity contribution < 1.29 is 4.79 Å². The van der Waals surface area contributed by atoms with Gasteiger partial charge in [-0.3, -0.25) is 4.79 Å². The van der Waals surface area contributed by atoms with Crippen LogP contribution in [-0.2, 0) is 4.79 Å². The Morgan fingerprint density at radius 1 is 1.19 bits per heavy atom. The van der Waals surface area contributed by atoms with Gasteiger partial charge in [0.15, 0.2) is 0 Å². The largest absolute Gasteiger partial charge is 0.342 e. The molecule has 0 aromatic heterocycles. The van der Waals surface area contributed by atoms with E-state index in [1.54, 1.807) is 0 Å². The summed E-state index contributed by atoms with van der Waals surface area (Å²) in [5, 5.41) is 3.29. The number of amides is 1. The number of carbonyl (C=O) groups is 1. The van der Waals surface area contributed by atoms with Crippen molar-refractivity contribution >= 4 is 5.91 Å². The zero-order valence-electron chi connectivity index (χ0n) is 9.74. The van der Waals surface area contributed by atoms with E-state index in [-0.39, 0.29) is 5.92 Å². The molecule has 0 bridgehead atoms. The Bertz CT molecular complexity index is 281. The summed E-state index contributed by atoms with van der Waals surface area (Å²) in [4.78, 5) is 14.2. The van der Waals surface area contributed by atoms with Crippen LogP contribution in [0.25, 0.3) is 0 Å². The zero-order chi connectivity index (χ0) is 11.4. The first-order valence-corrected chi connectivity index (χ1v) is 6.27. The fourth-order valence-corrected chi connectivity index (χ4v) is 2.59. The third-order valence-electron chi connectivity index (χ3n) is 3.73. The molecule has 0 aromatic carbocycles. The van der Waals surface area contributed by atoms with Crippen LogP contribution < -0.4 is 5.32 Å². The maximum Gasteiger partial charge on any atom is 0.225 e. The van der Waals surface area contributed by atoms with Crippen molar-refractivity contribution in [2.75, 3.05) is 26.2 Å². The van der Waals surface area contributed by atoms with Gasteiger partial charge in [-0.2, -0.15) is 0 Å². The molecule has 16 heavy (non-hydrogen) atoms. The lowest BCUT2D eigenvalue weighted by Gasteiger charge is -2.34. The Kier molecular flexibility index (Phi) is 3.84. The zero-order valence-corrected chi connectivity index (χ0v) is 9.74. The minimum Gasteiger partial charge on any atom is -0.342 e. The normalized spacial score (nSPS) is 24.1. The Labute approximate surface area is 97.6 Å². The number of nitrogens with zero attached hydrogens (tertiary/aromatic N) is 1. The summed E-state index contributed by atoms with van der Waals surface area (Å²) in [5.74, 6) is 3.79. The molecule has 3 nitrogen and oxygen atoms in total. The SMILES string of the molecule is C#CC1CCN(C(=O)C2CCNCC2)CC1. The van der Waals surface area contributed by atoms with Crippen LogP contribution in [0.1, 0.15) is 25.7 Å². The van der Waals surface area contributed by atoms with E-state index in [9.17, 15) is 4.79 Å². The summed E-state index contributed by atoms with van der Waals surface area (Å²) in [5.41, 5.74) is 0. The molecule has 2 aliphatic rings. The van der Waals surface area contributed by atoms with E-state index in [4.69, 9.17) is 6.42 Å². The quantitative estimate of drug-likeness (QED) is 0.665. The minimum atomic E-state index is 0.253. The highest BCUT2D eigenvalue weighted by molar-refractivity contribution is 5.79. The van der Waals surface area contributed by atoms with Crippen molar-refractivity contribution in [2.45, 2.75) is 25.7 Å². The molecule has 2 rings (SSSR count). The second-order valence-electron chi connectivity index (χ2n) is 4.79. The topological polar surface area (TPSA) is 32.3 Å². The fraction of sp³-hybridized carbons (Fsp3) is 0.769. The van der Waals surface area contributed by atoms with E-state index in [0.717, 1.165) is 51.9 Å². The summed E-state index contributed by atoms with van der Waals surface area (Å²) < 4.78 is 0. The lowest BCUT2D eigenvalue weighted by Crippen LogP contribution is -2.44. The van der Waals surface area contributed by atoms with Gasteiger partial charge in [-0.05, 0) is 38.8 Å². The summed E-state index contributed by atoms with van der Waals surface area (Å²) in [7, 11) is 0. The number of carbonyl (C=O) groups excluding carboxylic acids is 1. The molecule has 0 saturated carbocycles. The van der Waals surface area contributed by atoms with Gasteiger partial charge >= 0.3 is 0 Å². The van der Waals surface area contributed by atoms with Crippen molar-refractivity contribution in [3.05, 3.63) is 0 Å². The Morgan fingerprint density at radius 2 is 1.81 bits per heavy atom. The van der Waals surface area contributed by atoms with E-state index >= 15 is 0 Å². The Morgan fingerprint density at radius 3 is 2.38 bits per heavy atom. The van der Waals surface area contributed by atoms with Gasteiger partial charge in [-0.15, -0.1) is 12.3 Å². The molecule has 88 valence electrons. The Hall–Kier alpha value is -1.01. The molecule has 1 amide bonds. The van der Waals surface area contributed by atoms with Gasteiger partial charge in [-0.25, -0.2) is 0 Å². The third-order valence-corrected chi connectivity index (χ3v) is 3.73. The van der Waals surface area contributed by atoms with Crippen molar-refractivity contribution in [3.63, 3.8) is 0 Å². The van der Waals surface area contributed by atoms with Crippen LogP contribution in [0.4, 0.5) is 0 Å². The maximum atomic E-state index is 12.2. The van der Waals surface area contributed by atoms with Crippen molar-refractivity contribution in [2.24, 2.45) is 11.8 Å². The standard InChI is InChI=1S/C13H20N2O/c1-2-11-5-9-15(10-6-11)13(16)12-3-7-14-8-4-12/h1,11-12,14H,3-10H2. The van der Waals surface area contributed by atoms with E-state index in [1.165, 1.54) is 0 Å². The number of hydrogen-bond donors (Lipinski definition) is 1. The molecule has 2 aliphatic heterocycles. The molecule has 3 heteroatoms. The molecular formula is C13H20N2O. The lowest BCUT2D eigenvalue weighted by atomic mass is 9.93. The van der Waals surface area contributed by atoms with Crippen LogP contribution in [0.3, 0.4) is 0 Å². The monoisotopic (exact) mass is 220 g/mol. The van der Waals surface area contributed by atoms with Crippen molar-refractivity contribution in [1.29, 1.82) is 0 Å². The molecule has 0 atom stereocenters. The van der Waals surface area contributed by atoms with Crippen LogP contribution in [0.15, 0.2) is 0 Å². The minimum absolute atomic E-state index is 0.253. The summed E-state index contributed by atoms with van der Waals surface area (Å²) in [6.45, 7) is 3.68. The lowest BCUT2D eigenvalue weighted by molar-refractivity contribution is -0.137. The second kappa shape index (κ2) is 5.36. The smallest absolute Gasteiger partial charge is 0.225 e. The molecule has 0 unspecified atom stereocenters. The molecule has 0 radical (unpaired) electrons. The average molecular weight is 220 g/mol. The van der Waals surface area contributed by atoms with Crippen molar-refractivity contribution in [3.8, 4) is 12.3 Å². The molecule has 2 heterocycles. The Balaban J connectivity index is 1.84. The van der Waals surface area contributed by atoms with Gasteiger partial charge in [0.1, 0.15) is 0 Å². The number of piperidine rings is 2. The first kappa shape index (κ1) is 11.5. The van der Waals surface area contributed by atoms with Crippen LogP contribution in [0.5, 0.6) is 0 Å². The summed E-state index contributed by atoms with van der Waals surface area (Å²) in [6, 6.07) is 0. The molecule has 1 N–H and O–H groups in total. The van der Waals surface area contributed by atoms with Crippen molar-refractivity contribution in [1.82, 2.24) is 10.2 Å². The first-order valence-electron chi connectivity index (χ1n) is 6.27. The number of terminal acetylenes is 1. The van der Waals surface area contributed by atoms with Crippen LogP contribution in [0.2, 0.25) is 0 Å². The summed E-state index contributed by atoms with van der Waals surface area (Å²) >= 11 is 0. The van der Waals surface area contributed by atoms with Gasteiger partial charge in [0.05, 0.1) is 0 Å². The molecular weight excluding hydrogens is 200 g/mol.